The van der Waals surface area contributed by atoms with E-state index in [2.05, 4.69) is 30.0 Å². The number of pyridine rings is 1. The van der Waals surface area contributed by atoms with E-state index in [0.29, 0.717) is 0 Å². The second kappa shape index (κ2) is 5.79. The van der Waals surface area contributed by atoms with Crippen LogP contribution in [0.3, 0.4) is 0 Å². The van der Waals surface area contributed by atoms with Crippen molar-refractivity contribution >= 4 is 11.8 Å². The number of aromatic nitrogens is 1. The molecule has 2 heterocycles. The lowest BCUT2D eigenvalue weighted by Crippen LogP contribution is -2.45. The zero-order valence-electron chi connectivity index (χ0n) is 12.4. The summed E-state index contributed by atoms with van der Waals surface area (Å²) in [5.41, 5.74) is 0.908. The van der Waals surface area contributed by atoms with Gasteiger partial charge in [0.1, 0.15) is 5.60 Å². The summed E-state index contributed by atoms with van der Waals surface area (Å²) in [6, 6.07) is 12.0. The molecule has 4 heteroatoms. The van der Waals surface area contributed by atoms with Crippen molar-refractivity contribution in [2.24, 2.45) is 5.92 Å². The highest BCUT2D eigenvalue weighted by molar-refractivity contribution is 7.99. The molecule has 1 aliphatic rings. The minimum Gasteiger partial charge on any atom is -0.380 e. The van der Waals surface area contributed by atoms with E-state index in [1.54, 1.807) is 12.4 Å². The highest BCUT2D eigenvalue weighted by Gasteiger charge is 2.44. The molecule has 2 unspecified atom stereocenters. The van der Waals surface area contributed by atoms with E-state index in [9.17, 15) is 5.11 Å². The van der Waals surface area contributed by atoms with Crippen molar-refractivity contribution in [3.8, 4) is 0 Å². The first-order chi connectivity index (χ1) is 10.1. The van der Waals surface area contributed by atoms with Crippen molar-refractivity contribution in [3.63, 3.8) is 0 Å². The normalized spacial score (nSPS) is 24.9. The van der Waals surface area contributed by atoms with Gasteiger partial charge in [-0.25, -0.2) is 0 Å². The Kier molecular flexibility index (Phi) is 4.02. The largest absolute Gasteiger partial charge is 0.380 e. The quantitative estimate of drug-likeness (QED) is 0.945. The minimum atomic E-state index is -0.972. The number of hydrogen-bond acceptors (Lipinski definition) is 4. The summed E-state index contributed by atoms with van der Waals surface area (Å²) in [6.45, 7) is 0.840. The summed E-state index contributed by atoms with van der Waals surface area (Å²) in [7, 11) is 4.10. The predicted octanol–water partition coefficient (Wildman–Crippen LogP) is 2.60. The van der Waals surface area contributed by atoms with Gasteiger partial charge in [0.05, 0.1) is 0 Å². The van der Waals surface area contributed by atoms with Crippen molar-refractivity contribution in [2.75, 3.05) is 26.4 Å². The molecule has 2 aromatic rings. The van der Waals surface area contributed by atoms with Crippen LogP contribution < -0.4 is 0 Å². The first kappa shape index (κ1) is 14.6. The summed E-state index contributed by atoms with van der Waals surface area (Å²) in [6.07, 6.45) is 3.53. The summed E-state index contributed by atoms with van der Waals surface area (Å²) in [4.78, 5) is 7.52. The molecule has 0 saturated carbocycles. The van der Waals surface area contributed by atoms with Crippen molar-refractivity contribution in [1.82, 2.24) is 9.88 Å². The van der Waals surface area contributed by atoms with Crippen LogP contribution in [0.4, 0.5) is 0 Å². The lowest BCUT2D eigenvalue weighted by molar-refractivity contribution is 0.0108. The van der Waals surface area contributed by atoms with Gasteiger partial charge in [-0.05, 0) is 26.2 Å². The maximum absolute atomic E-state index is 11.6. The SMILES string of the molecule is CN(C)CC1CSc2ccccc2C1(O)c1cccnc1. The third-order valence-corrected chi connectivity index (χ3v) is 5.25. The predicted molar refractivity (Wildman–Crippen MR) is 86.4 cm³/mol. The fourth-order valence-corrected chi connectivity index (χ4v) is 4.32. The monoisotopic (exact) mass is 300 g/mol. The zero-order chi connectivity index (χ0) is 14.9. The Morgan fingerprint density at radius 1 is 1.29 bits per heavy atom. The number of thioether (sulfide) groups is 1. The maximum atomic E-state index is 11.6. The molecule has 1 aromatic carbocycles. The van der Waals surface area contributed by atoms with Crippen LogP contribution in [0, 0.1) is 5.92 Å². The van der Waals surface area contributed by atoms with Gasteiger partial charge in [0.25, 0.3) is 0 Å². The third-order valence-electron chi connectivity index (χ3n) is 4.02. The molecule has 110 valence electrons. The van der Waals surface area contributed by atoms with Crippen LogP contribution in [0.25, 0.3) is 0 Å². The fourth-order valence-electron chi connectivity index (χ4n) is 3.04. The van der Waals surface area contributed by atoms with Gasteiger partial charge in [0.15, 0.2) is 0 Å². The van der Waals surface area contributed by atoms with Crippen LogP contribution in [0.5, 0.6) is 0 Å². The van der Waals surface area contributed by atoms with E-state index in [4.69, 9.17) is 0 Å². The minimum absolute atomic E-state index is 0.136. The Balaban J connectivity index is 2.14. The highest BCUT2D eigenvalue weighted by atomic mass is 32.2. The number of nitrogens with zero attached hydrogens (tertiary/aromatic N) is 2. The molecule has 1 N–H and O–H groups in total. The Labute approximate surface area is 130 Å². The molecule has 0 bridgehead atoms. The van der Waals surface area contributed by atoms with Gasteiger partial charge in [-0.1, -0.05) is 24.3 Å². The highest BCUT2D eigenvalue weighted by Crippen LogP contribution is 2.47. The first-order valence-electron chi connectivity index (χ1n) is 7.12. The van der Waals surface area contributed by atoms with Gasteiger partial charge in [-0.15, -0.1) is 11.8 Å². The topological polar surface area (TPSA) is 36.4 Å². The van der Waals surface area contributed by atoms with Gasteiger partial charge in [-0.3, -0.25) is 4.98 Å². The lowest BCUT2D eigenvalue weighted by Gasteiger charge is -2.42. The van der Waals surface area contributed by atoms with Crippen LogP contribution in [0.1, 0.15) is 11.1 Å². The summed E-state index contributed by atoms with van der Waals surface area (Å²) >= 11 is 1.83. The number of hydrogen-bond donors (Lipinski definition) is 1. The van der Waals surface area contributed by atoms with Gasteiger partial charge in [0.2, 0.25) is 0 Å². The third kappa shape index (κ3) is 2.59. The molecular weight excluding hydrogens is 280 g/mol. The molecular formula is C17H20N2OS. The number of benzene rings is 1. The molecule has 0 radical (unpaired) electrons. The number of fused-ring (bicyclic) bond motifs is 1. The standard InChI is InChI=1S/C17H20N2OS/c1-19(2)11-14-12-21-16-8-4-3-7-15(16)17(14,20)13-6-5-9-18-10-13/h3-10,14,20H,11-12H2,1-2H3. The molecule has 0 spiro atoms. The molecule has 1 aliphatic heterocycles. The van der Waals surface area contributed by atoms with Crippen molar-refractivity contribution in [3.05, 3.63) is 59.9 Å². The average Bonchev–Trinajstić information content (AvgIpc) is 2.51. The van der Waals surface area contributed by atoms with E-state index >= 15 is 0 Å². The van der Waals surface area contributed by atoms with Gasteiger partial charge >= 0.3 is 0 Å². The van der Waals surface area contributed by atoms with Crippen molar-refractivity contribution < 1.29 is 5.11 Å². The maximum Gasteiger partial charge on any atom is 0.122 e. The van der Waals surface area contributed by atoms with Crippen molar-refractivity contribution in [1.29, 1.82) is 0 Å². The summed E-state index contributed by atoms with van der Waals surface area (Å²) in [5.74, 6) is 1.04. The molecule has 0 amide bonds. The molecule has 3 rings (SSSR count). The Morgan fingerprint density at radius 2 is 2.10 bits per heavy atom. The Morgan fingerprint density at radius 3 is 2.81 bits per heavy atom. The van der Waals surface area contributed by atoms with Gasteiger partial charge in [0, 0.05) is 46.6 Å². The van der Waals surface area contributed by atoms with E-state index in [1.165, 1.54) is 4.90 Å². The fraction of sp³-hybridized carbons (Fsp3) is 0.353. The Hall–Kier alpha value is -1.36. The average molecular weight is 300 g/mol. The lowest BCUT2D eigenvalue weighted by atomic mass is 9.76. The number of rotatable bonds is 3. The van der Waals surface area contributed by atoms with E-state index in [1.807, 2.05) is 42.1 Å². The van der Waals surface area contributed by atoms with Gasteiger partial charge in [-0.2, -0.15) is 0 Å². The molecule has 0 aliphatic carbocycles. The van der Waals surface area contributed by atoms with Crippen LogP contribution >= 0.6 is 11.8 Å². The van der Waals surface area contributed by atoms with Crippen LogP contribution in [-0.4, -0.2) is 41.4 Å². The summed E-state index contributed by atoms with van der Waals surface area (Å²) < 4.78 is 0. The van der Waals surface area contributed by atoms with Crippen LogP contribution in [0.15, 0.2) is 53.7 Å². The Bertz CT molecular complexity index is 617. The zero-order valence-corrected chi connectivity index (χ0v) is 13.2. The van der Waals surface area contributed by atoms with E-state index in [0.717, 1.165) is 23.4 Å². The first-order valence-corrected chi connectivity index (χ1v) is 8.11. The van der Waals surface area contributed by atoms with E-state index in [-0.39, 0.29) is 5.92 Å². The van der Waals surface area contributed by atoms with E-state index < -0.39 is 5.60 Å². The number of aliphatic hydroxyl groups is 1. The second-order valence-corrected chi connectivity index (χ2v) is 6.84. The second-order valence-electron chi connectivity index (χ2n) is 5.77. The molecule has 0 fully saturated rings. The molecule has 2 atom stereocenters. The molecule has 21 heavy (non-hydrogen) atoms. The van der Waals surface area contributed by atoms with Crippen LogP contribution in [-0.2, 0) is 5.60 Å². The van der Waals surface area contributed by atoms with Gasteiger partial charge < -0.3 is 10.0 Å². The molecule has 0 saturated heterocycles. The van der Waals surface area contributed by atoms with Crippen LogP contribution in [0.2, 0.25) is 0 Å². The smallest absolute Gasteiger partial charge is 0.122 e. The molecule has 3 nitrogen and oxygen atoms in total. The molecule has 1 aromatic heterocycles. The summed E-state index contributed by atoms with van der Waals surface area (Å²) in [5, 5.41) is 11.6. The van der Waals surface area contributed by atoms with Crippen molar-refractivity contribution in [2.45, 2.75) is 10.5 Å².